The molecule has 0 aliphatic carbocycles. The normalized spacial score (nSPS) is 11.5. The van der Waals surface area contributed by atoms with Crippen LogP contribution in [0.1, 0.15) is 59.5 Å². The molecule has 0 saturated carbocycles. The van der Waals surface area contributed by atoms with Crippen molar-refractivity contribution in [2.24, 2.45) is 0 Å². The van der Waals surface area contributed by atoms with Crippen LogP contribution in [0.25, 0.3) is 11.3 Å². The second kappa shape index (κ2) is 14.6. The number of benzene rings is 3. The number of carboxylic acid groups (broad SMARTS) is 1. The summed E-state index contributed by atoms with van der Waals surface area (Å²) in [5, 5.41) is 24.0. The fourth-order valence-electron chi connectivity index (χ4n) is 4.56. The lowest BCUT2D eigenvalue weighted by Crippen LogP contribution is -2.30. The van der Waals surface area contributed by atoms with Gasteiger partial charge in [-0.1, -0.05) is 31.5 Å². The summed E-state index contributed by atoms with van der Waals surface area (Å²) in [6.45, 7) is 2.42. The van der Waals surface area contributed by atoms with Gasteiger partial charge in [0.15, 0.2) is 0 Å². The van der Waals surface area contributed by atoms with Crippen molar-refractivity contribution >= 4 is 17.6 Å². The van der Waals surface area contributed by atoms with Crippen LogP contribution in [0.4, 0.5) is 5.69 Å². The topological polar surface area (TPSA) is 157 Å². The maximum atomic E-state index is 13.1. The number of non-ortho nitro benzene ring substituents is 1. The molecule has 3 N–H and O–H groups in total. The summed E-state index contributed by atoms with van der Waals surface area (Å²) < 4.78 is 11.0. The highest BCUT2D eigenvalue weighted by atomic mass is 16.6. The molecule has 11 heteroatoms. The molecule has 4 aromatic rings. The number of unbranched alkanes of at least 4 members (excludes halogenated alkanes) is 1. The number of hydrogen-bond acceptors (Lipinski definition) is 7. The fraction of sp³-hybridized carbons (Fsp3) is 0.281. The van der Waals surface area contributed by atoms with Crippen LogP contribution >= 0.6 is 0 Å². The molecule has 1 amide bonds. The Kier molecular flexibility index (Phi) is 10.5. The number of nitro groups is 1. The number of carbonyl (C=O) groups excluding carboxylic acids is 1. The highest BCUT2D eigenvalue weighted by molar-refractivity contribution is 5.91. The monoisotopic (exact) mass is 586 g/mol. The van der Waals surface area contributed by atoms with E-state index in [1.54, 1.807) is 37.6 Å². The van der Waals surface area contributed by atoms with Crippen molar-refractivity contribution in [2.75, 3.05) is 13.7 Å². The minimum Gasteiger partial charge on any atom is -0.497 e. The van der Waals surface area contributed by atoms with E-state index in [0.29, 0.717) is 41.4 Å². The summed E-state index contributed by atoms with van der Waals surface area (Å²) >= 11 is 0. The number of H-pyrrole nitrogens is 1. The number of aromatic amines is 1. The molecule has 43 heavy (non-hydrogen) atoms. The van der Waals surface area contributed by atoms with Crippen LogP contribution in [-0.4, -0.2) is 45.6 Å². The van der Waals surface area contributed by atoms with E-state index in [1.807, 2.05) is 31.2 Å². The molecule has 0 aliphatic heterocycles. The van der Waals surface area contributed by atoms with Crippen molar-refractivity contribution in [3.8, 4) is 22.8 Å². The first-order valence-electron chi connectivity index (χ1n) is 14.0. The number of carbonyl (C=O) groups is 2. The molecule has 1 atom stereocenters. The van der Waals surface area contributed by atoms with Gasteiger partial charge in [0.2, 0.25) is 5.91 Å². The highest BCUT2D eigenvalue weighted by Gasteiger charge is 2.21. The maximum Gasteiger partial charge on any atom is 0.339 e. The van der Waals surface area contributed by atoms with Crippen LogP contribution in [0, 0.1) is 10.1 Å². The van der Waals surface area contributed by atoms with Gasteiger partial charge in [-0.3, -0.25) is 14.9 Å². The first kappa shape index (κ1) is 30.8. The molecule has 224 valence electrons. The number of rotatable bonds is 15. The maximum absolute atomic E-state index is 13.1. The van der Waals surface area contributed by atoms with Crippen LogP contribution in [0.5, 0.6) is 11.5 Å². The third-order valence-corrected chi connectivity index (χ3v) is 6.92. The van der Waals surface area contributed by atoms with Gasteiger partial charge in [0.1, 0.15) is 22.9 Å². The molecule has 0 saturated heterocycles. The Balaban J connectivity index is 1.57. The highest BCUT2D eigenvalue weighted by Crippen LogP contribution is 2.27. The summed E-state index contributed by atoms with van der Waals surface area (Å²) in [7, 11) is 1.59. The minimum atomic E-state index is -1.13. The van der Waals surface area contributed by atoms with E-state index in [-0.39, 0.29) is 35.7 Å². The number of amides is 1. The van der Waals surface area contributed by atoms with E-state index < -0.39 is 16.9 Å². The molecule has 1 aromatic heterocycles. The number of nitro benzene ring substituents is 1. The first-order valence-corrected chi connectivity index (χ1v) is 14.0. The van der Waals surface area contributed by atoms with Crippen molar-refractivity contribution in [1.29, 1.82) is 0 Å². The lowest BCUT2D eigenvalue weighted by molar-refractivity contribution is -0.384. The van der Waals surface area contributed by atoms with Crippen molar-refractivity contribution < 1.29 is 29.1 Å². The predicted octanol–water partition coefficient (Wildman–Crippen LogP) is 5.90. The third kappa shape index (κ3) is 8.41. The fourth-order valence-corrected chi connectivity index (χ4v) is 4.56. The van der Waals surface area contributed by atoms with Gasteiger partial charge < -0.3 is 24.9 Å². The molecule has 3 aromatic carbocycles. The summed E-state index contributed by atoms with van der Waals surface area (Å²) in [5.41, 5.74) is 2.89. The van der Waals surface area contributed by atoms with Crippen molar-refractivity contribution in [2.45, 2.75) is 45.1 Å². The summed E-state index contributed by atoms with van der Waals surface area (Å²) in [6, 6.07) is 17.9. The van der Waals surface area contributed by atoms with Crippen LogP contribution in [0.3, 0.4) is 0 Å². The predicted molar refractivity (Wildman–Crippen MR) is 160 cm³/mol. The van der Waals surface area contributed by atoms with Gasteiger partial charge in [-0.25, -0.2) is 9.78 Å². The van der Waals surface area contributed by atoms with E-state index in [4.69, 9.17) is 9.47 Å². The zero-order valence-corrected chi connectivity index (χ0v) is 24.0. The summed E-state index contributed by atoms with van der Waals surface area (Å²) in [5.74, 6) is 0.183. The number of aromatic nitrogens is 2. The molecule has 11 nitrogen and oxygen atoms in total. The Bertz CT molecular complexity index is 1570. The Labute approximate surface area is 249 Å². The van der Waals surface area contributed by atoms with Gasteiger partial charge in [-0.05, 0) is 60.4 Å². The average Bonchev–Trinajstić information content (AvgIpc) is 3.48. The number of imidazole rings is 1. The molecule has 1 heterocycles. The Morgan fingerprint density at radius 1 is 1.12 bits per heavy atom. The van der Waals surface area contributed by atoms with Crippen molar-refractivity contribution in [3.63, 3.8) is 0 Å². The van der Waals surface area contributed by atoms with E-state index >= 15 is 0 Å². The number of methoxy groups -OCH3 is 1. The molecular weight excluding hydrogens is 552 g/mol. The quantitative estimate of drug-likeness (QED) is 0.0882. The lowest BCUT2D eigenvalue weighted by atomic mass is 9.99. The third-order valence-electron chi connectivity index (χ3n) is 6.92. The van der Waals surface area contributed by atoms with Crippen LogP contribution < -0.4 is 14.8 Å². The Hall–Kier alpha value is -5.19. The number of ether oxygens (including phenoxy) is 2. The second-order valence-corrected chi connectivity index (χ2v) is 9.99. The summed E-state index contributed by atoms with van der Waals surface area (Å²) in [4.78, 5) is 43.5. The molecule has 0 fully saturated rings. The van der Waals surface area contributed by atoms with Gasteiger partial charge in [0.05, 0.1) is 36.6 Å². The van der Waals surface area contributed by atoms with Gasteiger partial charge in [0.25, 0.3) is 5.69 Å². The van der Waals surface area contributed by atoms with E-state index in [0.717, 1.165) is 18.4 Å². The SMILES string of the molecule is CCCCOc1ccc(C(Cc2ncc(-c3ccc([N+](=O)[O-])cc3)[nH]2)NC(=O)CCc2cccc(OC)c2)cc1C(=O)O. The van der Waals surface area contributed by atoms with Gasteiger partial charge >= 0.3 is 5.97 Å². The number of carboxylic acids is 1. The number of hydrogen-bond donors (Lipinski definition) is 3. The van der Waals surface area contributed by atoms with Gasteiger partial charge in [-0.2, -0.15) is 0 Å². The van der Waals surface area contributed by atoms with Crippen LogP contribution in [0.15, 0.2) is 72.9 Å². The number of nitrogens with zero attached hydrogens (tertiary/aromatic N) is 2. The van der Waals surface area contributed by atoms with Crippen molar-refractivity contribution in [1.82, 2.24) is 15.3 Å². The molecule has 4 rings (SSSR count). The zero-order valence-electron chi connectivity index (χ0n) is 24.0. The standard InChI is InChI=1S/C32H34N4O7/c1-3-4-16-43-29-14-11-23(18-26(29)32(38)39)27(35-31(37)15-8-21-6-5-7-25(17-21)42-2)19-30-33-20-28(34-30)22-9-12-24(13-10-22)36(40)41/h5-7,9-14,17-18,20,27H,3-4,8,15-16,19H2,1-2H3,(H,33,34)(H,35,37)(H,38,39). The zero-order chi connectivity index (χ0) is 30.8. The van der Waals surface area contributed by atoms with E-state index in [1.165, 1.54) is 18.2 Å². The smallest absolute Gasteiger partial charge is 0.339 e. The van der Waals surface area contributed by atoms with E-state index in [9.17, 15) is 24.8 Å². The second-order valence-electron chi connectivity index (χ2n) is 9.99. The molecule has 0 spiro atoms. The number of aryl methyl sites for hydroxylation is 1. The van der Waals surface area contributed by atoms with E-state index in [2.05, 4.69) is 15.3 Å². The molecule has 0 aliphatic rings. The Morgan fingerprint density at radius 3 is 2.60 bits per heavy atom. The molecule has 0 radical (unpaired) electrons. The van der Waals surface area contributed by atoms with Gasteiger partial charge in [-0.15, -0.1) is 0 Å². The largest absolute Gasteiger partial charge is 0.497 e. The molecule has 0 bridgehead atoms. The van der Waals surface area contributed by atoms with Crippen LogP contribution in [-0.2, 0) is 17.6 Å². The first-order chi connectivity index (χ1) is 20.8. The average molecular weight is 587 g/mol. The summed E-state index contributed by atoms with van der Waals surface area (Å²) in [6.07, 6.45) is 4.27. The molecule has 1 unspecified atom stereocenters. The van der Waals surface area contributed by atoms with Gasteiger partial charge in [0, 0.05) is 30.5 Å². The van der Waals surface area contributed by atoms with Crippen LogP contribution in [0.2, 0.25) is 0 Å². The minimum absolute atomic E-state index is 0.00949. The number of aromatic carboxylic acids is 1. The van der Waals surface area contributed by atoms with Crippen molar-refractivity contribution in [3.05, 3.63) is 106 Å². The Morgan fingerprint density at radius 2 is 1.91 bits per heavy atom. The number of nitrogens with one attached hydrogen (secondary N) is 2. The lowest BCUT2D eigenvalue weighted by Gasteiger charge is -2.20. The molecular formula is C32H34N4O7.